The van der Waals surface area contributed by atoms with Crippen molar-refractivity contribution in [3.05, 3.63) is 22.2 Å². The van der Waals surface area contributed by atoms with Gasteiger partial charge in [-0.15, -0.1) is 0 Å². The van der Waals surface area contributed by atoms with Crippen LogP contribution in [0.3, 0.4) is 0 Å². The third kappa shape index (κ3) is 6.57. The Morgan fingerprint density at radius 3 is 2.48 bits per heavy atom. The lowest BCUT2D eigenvalue weighted by Crippen LogP contribution is -2.39. The van der Waals surface area contributed by atoms with Crippen molar-refractivity contribution in [2.75, 3.05) is 20.3 Å². The molecule has 1 saturated carbocycles. The molecule has 0 aromatic heterocycles. The molecule has 1 fully saturated rings. The molecule has 0 radical (unpaired) electrons. The molecule has 152 valence electrons. The molecule has 1 N–H and O–H groups in total. The number of methoxy groups -OCH3 is 1. The van der Waals surface area contributed by atoms with E-state index in [1.54, 1.807) is 12.1 Å². The Hall–Kier alpha value is -1.48. The smallest absolute Gasteiger partial charge is 0.411 e. The highest BCUT2D eigenvalue weighted by atomic mass is 79.9. The van der Waals surface area contributed by atoms with E-state index >= 15 is 0 Å². The maximum Gasteiger partial charge on any atom is 0.411 e. The minimum absolute atomic E-state index is 0.0976. The highest BCUT2D eigenvalue weighted by Crippen LogP contribution is 2.36. The number of alkyl halides is 3. The average molecular weight is 454 g/mol. The molecule has 0 atom stereocenters. The summed E-state index contributed by atoms with van der Waals surface area (Å²) in [4.78, 5) is 12.5. The fourth-order valence-electron chi connectivity index (χ4n) is 2.99. The molecule has 0 bridgehead atoms. The Balaban J connectivity index is 1.92. The summed E-state index contributed by atoms with van der Waals surface area (Å²) in [6.45, 7) is 1.08. The maximum absolute atomic E-state index is 12.5. The van der Waals surface area contributed by atoms with E-state index in [-0.39, 0.29) is 11.9 Å². The zero-order valence-electron chi connectivity index (χ0n) is 15.2. The topological polar surface area (TPSA) is 56.8 Å². The Morgan fingerprint density at radius 2 is 1.93 bits per heavy atom. The van der Waals surface area contributed by atoms with Crippen LogP contribution in [0.2, 0.25) is 0 Å². The summed E-state index contributed by atoms with van der Waals surface area (Å²) >= 11 is 3.38. The van der Waals surface area contributed by atoms with Crippen molar-refractivity contribution in [2.24, 2.45) is 0 Å². The normalized spacial score (nSPS) is 20.2. The molecule has 1 aliphatic carbocycles. The highest BCUT2D eigenvalue weighted by Gasteiger charge is 2.31. The van der Waals surface area contributed by atoms with Gasteiger partial charge in [-0.2, -0.15) is 13.2 Å². The summed E-state index contributed by atoms with van der Waals surface area (Å²) in [7, 11) is 1.49. The summed E-state index contributed by atoms with van der Waals surface area (Å²) < 4.78 is 52.9. The predicted octanol–water partition coefficient (Wildman–Crippen LogP) is 4.48. The van der Waals surface area contributed by atoms with Gasteiger partial charge in [-0.25, -0.2) is 0 Å². The molecule has 1 aromatic rings. The van der Waals surface area contributed by atoms with Crippen LogP contribution in [-0.4, -0.2) is 44.6 Å². The molecule has 1 aliphatic rings. The van der Waals surface area contributed by atoms with Crippen molar-refractivity contribution in [3.63, 3.8) is 0 Å². The van der Waals surface area contributed by atoms with Gasteiger partial charge in [-0.05, 0) is 60.7 Å². The number of hydrogen-bond donors (Lipinski definition) is 1. The summed E-state index contributed by atoms with van der Waals surface area (Å²) in [5, 5.41) is 2.92. The van der Waals surface area contributed by atoms with Crippen molar-refractivity contribution in [2.45, 2.75) is 50.9 Å². The van der Waals surface area contributed by atoms with E-state index in [1.165, 1.54) is 7.11 Å². The number of halogens is 4. The maximum atomic E-state index is 12.5. The fourth-order valence-corrected chi connectivity index (χ4v) is 3.55. The molecule has 0 aliphatic heterocycles. The Kier molecular flexibility index (Phi) is 7.79. The van der Waals surface area contributed by atoms with Gasteiger partial charge in [0.25, 0.3) is 5.91 Å². The summed E-state index contributed by atoms with van der Waals surface area (Å²) in [5.41, 5.74) is 0.414. The Bertz CT molecular complexity index is 646. The third-order valence-corrected chi connectivity index (χ3v) is 4.86. The number of nitrogens with one attached hydrogen (secondary N) is 1. The lowest BCUT2D eigenvalue weighted by Gasteiger charge is -2.29. The summed E-state index contributed by atoms with van der Waals surface area (Å²) in [6.07, 6.45) is -2.62. The number of hydrogen-bond acceptors (Lipinski definition) is 4. The SMILES string of the molecule is CCOc1c(Br)cc(C(=O)NC2CCC(OCC(F)(F)F)CC2)cc1OC. The van der Waals surface area contributed by atoms with E-state index in [2.05, 4.69) is 21.2 Å². The van der Waals surface area contributed by atoms with Crippen molar-refractivity contribution >= 4 is 21.8 Å². The Labute approximate surface area is 164 Å². The van der Waals surface area contributed by atoms with Gasteiger partial charge in [-0.3, -0.25) is 4.79 Å². The van der Waals surface area contributed by atoms with E-state index in [9.17, 15) is 18.0 Å². The zero-order chi connectivity index (χ0) is 20.0. The van der Waals surface area contributed by atoms with E-state index < -0.39 is 18.9 Å². The quantitative estimate of drug-likeness (QED) is 0.661. The van der Waals surface area contributed by atoms with Crippen LogP contribution in [0.1, 0.15) is 43.0 Å². The van der Waals surface area contributed by atoms with Gasteiger partial charge in [0.2, 0.25) is 0 Å². The molecule has 1 aromatic carbocycles. The molecular weight excluding hydrogens is 431 g/mol. The number of carbonyl (C=O) groups excluding carboxylic acids is 1. The largest absolute Gasteiger partial charge is 0.493 e. The minimum Gasteiger partial charge on any atom is -0.493 e. The van der Waals surface area contributed by atoms with Gasteiger partial charge in [0.05, 0.1) is 24.3 Å². The molecule has 0 unspecified atom stereocenters. The molecular formula is C18H23BrF3NO4. The second-order valence-corrected chi connectivity index (χ2v) is 7.15. The number of carbonyl (C=O) groups is 1. The van der Waals surface area contributed by atoms with Gasteiger partial charge >= 0.3 is 6.18 Å². The molecule has 2 rings (SSSR count). The highest BCUT2D eigenvalue weighted by molar-refractivity contribution is 9.10. The molecule has 0 heterocycles. The molecule has 1 amide bonds. The first kappa shape index (κ1) is 21.8. The van der Waals surface area contributed by atoms with Crippen molar-refractivity contribution < 1.29 is 32.2 Å². The van der Waals surface area contributed by atoms with Crippen molar-refractivity contribution in [1.82, 2.24) is 5.32 Å². The van der Waals surface area contributed by atoms with Crippen LogP contribution in [0.5, 0.6) is 11.5 Å². The van der Waals surface area contributed by atoms with Crippen molar-refractivity contribution in [3.8, 4) is 11.5 Å². The molecule has 0 spiro atoms. The lowest BCUT2D eigenvalue weighted by molar-refractivity contribution is -0.188. The van der Waals surface area contributed by atoms with Crippen LogP contribution < -0.4 is 14.8 Å². The third-order valence-electron chi connectivity index (χ3n) is 4.27. The molecule has 27 heavy (non-hydrogen) atoms. The second-order valence-electron chi connectivity index (χ2n) is 6.30. The zero-order valence-corrected chi connectivity index (χ0v) is 16.8. The molecule has 9 heteroatoms. The second kappa shape index (κ2) is 9.64. The lowest BCUT2D eigenvalue weighted by atomic mass is 9.92. The standard InChI is InChI=1S/C18H23BrF3NO4/c1-3-26-16-14(19)8-11(9-15(16)25-2)17(24)23-12-4-6-13(7-5-12)27-10-18(20,21)22/h8-9,12-13H,3-7,10H2,1-2H3,(H,23,24). The van der Waals surface area contributed by atoms with Crippen LogP contribution in [0, 0.1) is 0 Å². The van der Waals surface area contributed by atoms with E-state index in [0.29, 0.717) is 53.8 Å². The minimum atomic E-state index is -4.31. The van der Waals surface area contributed by atoms with Gasteiger partial charge in [-0.1, -0.05) is 0 Å². The predicted molar refractivity (Wildman–Crippen MR) is 97.4 cm³/mol. The van der Waals surface area contributed by atoms with Gasteiger partial charge in [0.15, 0.2) is 11.5 Å². The first-order valence-electron chi connectivity index (χ1n) is 8.73. The van der Waals surface area contributed by atoms with Gasteiger partial charge in [0, 0.05) is 11.6 Å². The molecule has 0 saturated heterocycles. The number of benzene rings is 1. The first-order chi connectivity index (χ1) is 12.7. The number of amides is 1. The van der Waals surface area contributed by atoms with Gasteiger partial charge < -0.3 is 19.5 Å². The van der Waals surface area contributed by atoms with Gasteiger partial charge in [0.1, 0.15) is 6.61 Å². The number of rotatable bonds is 7. The van der Waals surface area contributed by atoms with Crippen LogP contribution in [0.25, 0.3) is 0 Å². The van der Waals surface area contributed by atoms with Crippen LogP contribution in [-0.2, 0) is 4.74 Å². The van der Waals surface area contributed by atoms with E-state index in [0.717, 1.165) is 0 Å². The molecule has 5 nitrogen and oxygen atoms in total. The fraction of sp³-hybridized carbons (Fsp3) is 0.611. The van der Waals surface area contributed by atoms with Crippen molar-refractivity contribution in [1.29, 1.82) is 0 Å². The monoisotopic (exact) mass is 453 g/mol. The van der Waals surface area contributed by atoms with E-state index in [1.807, 2.05) is 6.92 Å². The van der Waals surface area contributed by atoms with Crippen LogP contribution in [0.15, 0.2) is 16.6 Å². The summed E-state index contributed by atoms with van der Waals surface area (Å²) in [6, 6.07) is 3.16. The van der Waals surface area contributed by atoms with Crippen LogP contribution >= 0.6 is 15.9 Å². The van der Waals surface area contributed by atoms with E-state index in [4.69, 9.17) is 14.2 Å². The number of ether oxygens (including phenoxy) is 3. The van der Waals surface area contributed by atoms with Crippen LogP contribution in [0.4, 0.5) is 13.2 Å². The summed E-state index contributed by atoms with van der Waals surface area (Å²) in [5.74, 6) is 0.705. The first-order valence-corrected chi connectivity index (χ1v) is 9.52. The Morgan fingerprint density at radius 1 is 1.26 bits per heavy atom. The average Bonchev–Trinajstić information content (AvgIpc) is 2.62.